The number of nitrogens with one attached hydrogen (secondary N) is 2. The number of aryl methyl sites for hydroxylation is 1. The van der Waals surface area contributed by atoms with Crippen molar-refractivity contribution in [3.05, 3.63) is 145 Å². The molecule has 0 radical (unpaired) electrons. The molecule has 2 N–H and O–H groups in total. The molecular formula is C31H28N2P2. The summed E-state index contributed by atoms with van der Waals surface area (Å²) in [5, 5.41) is 13.1. The Morgan fingerprint density at radius 2 is 0.743 bits per heavy atom. The summed E-state index contributed by atoms with van der Waals surface area (Å²) in [4.78, 5) is 0. The minimum Gasteiger partial charge on any atom is -0.355 e. The molecule has 0 fully saturated rings. The van der Waals surface area contributed by atoms with Gasteiger partial charge in [-0.25, -0.2) is 0 Å². The molecule has 172 valence electrons. The Labute approximate surface area is 210 Å². The predicted octanol–water partition coefficient (Wildman–Crippen LogP) is 6.91. The second-order valence-corrected chi connectivity index (χ2v) is 12.1. The van der Waals surface area contributed by atoms with Crippen molar-refractivity contribution < 1.29 is 0 Å². The van der Waals surface area contributed by atoms with Crippen LogP contribution in [0.25, 0.3) is 0 Å². The second-order valence-electron chi connectivity index (χ2n) is 8.29. The van der Waals surface area contributed by atoms with Gasteiger partial charge >= 0.3 is 0 Å². The van der Waals surface area contributed by atoms with E-state index in [2.05, 4.69) is 157 Å². The summed E-state index contributed by atoms with van der Waals surface area (Å²) in [6.07, 6.45) is 0. The molecule has 0 saturated carbocycles. The largest absolute Gasteiger partial charge is 0.355 e. The molecular weight excluding hydrogens is 462 g/mol. The fourth-order valence-corrected chi connectivity index (χ4v) is 7.81. The van der Waals surface area contributed by atoms with E-state index in [0.717, 1.165) is 11.4 Å². The Kier molecular flexibility index (Phi) is 7.54. The van der Waals surface area contributed by atoms with Gasteiger partial charge in [-0.1, -0.05) is 127 Å². The Morgan fingerprint density at radius 3 is 1.11 bits per heavy atom. The first-order valence-corrected chi connectivity index (χ1v) is 14.4. The van der Waals surface area contributed by atoms with Gasteiger partial charge in [0.15, 0.2) is 0 Å². The van der Waals surface area contributed by atoms with Crippen molar-refractivity contribution in [2.24, 2.45) is 0 Å². The molecule has 0 amide bonds. The maximum atomic E-state index is 3.94. The maximum Gasteiger partial charge on any atom is 0.0618 e. The Hall–Kier alpha value is -3.44. The van der Waals surface area contributed by atoms with Crippen LogP contribution in [0, 0.1) is 6.92 Å². The third kappa shape index (κ3) is 5.80. The number of benzene rings is 5. The van der Waals surface area contributed by atoms with Crippen LogP contribution in [0.1, 0.15) is 5.56 Å². The summed E-state index contributed by atoms with van der Waals surface area (Å²) in [7, 11) is -1.54. The van der Waals surface area contributed by atoms with E-state index in [1.807, 2.05) is 0 Å². The van der Waals surface area contributed by atoms with Crippen molar-refractivity contribution in [3.8, 4) is 0 Å². The number of hydrogen-bond donors (Lipinski definition) is 2. The van der Waals surface area contributed by atoms with E-state index >= 15 is 0 Å². The first-order valence-electron chi connectivity index (χ1n) is 11.7. The molecule has 0 saturated heterocycles. The fourth-order valence-electron chi connectivity index (χ4n) is 3.95. The van der Waals surface area contributed by atoms with E-state index in [4.69, 9.17) is 0 Å². The van der Waals surface area contributed by atoms with E-state index in [0.29, 0.717) is 0 Å². The Bertz CT molecular complexity index is 1270. The van der Waals surface area contributed by atoms with Crippen molar-refractivity contribution in [1.82, 2.24) is 0 Å². The average Bonchev–Trinajstić information content (AvgIpc) is 2.93. The SMILES string of the molecule is Cc1ccc(NP(c2ccccc2)c2ccccc2)c(NP(c2ccccc2)c2ccccc2)c1. The van der Waals surface area contributed by atoms with Gasteiger partial charge in [-0.2, -0.15) is 0 Å². The minimum atomic E-state index is -0.772. The van der Waals surface area contributed by atoms with Gasteiger partial charge in [-0.15, -0.1) is 0 Å². The summed E-state index contributed by atoms with van der Waals surface area (Å²) in [6.45, 7) is 2.15. The Balaban J connectivity index is 1.54. The molecule has 0 aliphatic rings. The standard InChI is InChI=1S/C31H28N2P2/c1-25-22-23-30(32-34(26-14-6-2-7-15-26)27-16-8-3-9-17-27)31(24-25)33-35(28-18-10-4-11-19-28)29-20-12-5-13-21-29/h2-24,32-33H,1H3. The molecule has 0 spiro atoms. The zero-order valence-corrected chi connectivity index (χ0v) is 21.5. The lowest BCUT2D eigenvalue weighted by molar-refractivity contribution is 1.47. The van der Waals surface area contributed by atoms with Gasteiger partial charge in [-0.05, 0) is 24.6 Å². The summed E-state index contributed by atoms with van der Waals surface area (Å²) in [5.41, 5.74) is 3.48. The highest BCUT2D eigenvalue weighted by molar-refractivity contribution is 7.75. The van der Waals surface area contributed by atoms with Crippen LogP contribution in [0.15, 0.2) is 140 Å². The van der Waals surface area contributed by atoms with Gasteiger partial charge in [0.25, 0.3) is 0 Å². The van der Waals surface area contributed by atoms with E-state index in [1.54, 1.807) is 0 Å². The molecule has 4 heteroatoms. The molecule has 5 aromatic carbocycles. The first-order chi connectivity index (χ1) is 17.3. The minimum absolute atomic E-state index is 0.769. The lowest BCUT2D eigenvalue weighted by atomic mass is 10.2. The summed E-state index contributed by atoms with van der Waals surface area (Å²) in [5.74, 6) is 0. The molecule has 5 rings (SSSR count). The molecule has 0 heterocycles. The van der Waals surface area contributed by atoms with Crippen molar-refractivity contribution >= 4 is 48.7 Å². The second kappa shape index (κ2) is 11.3. The van der Waals surface area contributed by atoms with Crippen LogP contribution in [0.2, 0.25) is 0 Å². The highest BCUT2D eigenvalue weighted by Crippen LogP contribution is 2.42. The van der Waals surface area contributed by atoms with Crippen molar-refractivity contribution in [3.63, 3.8) is 0 Å². The van der Waals surface area contributed by atoms with Crippen LogP contribution in [-0.4, -0.2) is 0 Å². The molecule has 0 atom stereocenters. The van der Waals surface area contributed by atoms with E-state index in [1.165, 1.54) is 26.8 Å². The first kappa shape index (κ1) is 23.3. The summed E-state index contributed by atoms with van der Waals surface area (Å²) >= 11 is 0. The van der Waals surface area contributed by atoms with Gasteiger partial charge in [0, 0.05) is 21.2 Å². The van der Waals surface area contributed by atoms with Gasteiger partial charge in [0.2, 0.25) is 0 Å². The third-order valence-electron chi connectivity index (χ3n) is 5.70. The molecule has 0 bridgehead atoms. The normalized spacial score (nSPS) is 10.9. The van der Waals surface area contributed by atoms with Crippen LogP contribution in [-0.2, 0) is 0 Å². The zero-order chi connectivity index (χ0) is 23.9. The molecule has 0 unspecified atom stereocenters. The van der Waals surface area contributed by atoms with Crippen LogP contribution in [0.5, 0.6) is 0 Å². The Morgan fingerprint density at radius 1 is 0.400 bits per heavy atom. The monoisotopic (exact) mass is 490 g/mol. The van der Waals surface area contributed by atoms with Gasteiger partial charge < -0.3 is 10.2 Å². The fraction of sp³-hybridized carbons (Fsp3) is 0.0323. The molecule has 5 aromatic rings. The summed E-state index contributed by atoms with van der Waals surface area (Å²) < 4.78 is 0. The third-order valence-corrected chi connectivity index (χ3v) is 9.88. The lowest BCUT2D eigenvalue weighted by Gasteiger charge is -2.26. The van der Waals surface area contributed by atoms with E-state index in [9.17, 15) is 0 Å². The highest BCUT2D eigenvalue weighted by atomic mass is 31.1. The quantitative estimate of drug-likeness (QED) is 0.231. The van der Waals surface area contributed by atoms with E-state index < -0.39 is 16.1 Å². The van der Waals surface area contributed by atoms with Crippen LogP contribution in [0.3, 0.4) is 0 Å². The number of rotatable bonds is 8. The zero-order valence-electron chi connectivity index (χ0n) is 19.7. The van der Waals surface area contributed by atoms with Gasteiger partial charge in [0.1, 0.15) is 0 Å². The van der Waals surface area contributed by atoms with Crippen LogP contribution >= 0.6 is 16.1 Å². The van der Waals surface area contributed by atoms with Gasteiger partial charge in [0.05, 0.1) is 27.5 Å². The number of anilines is 2. The molecule has 0 aromatic heterocycles. The van der Waals surface area contributed by atoms with Crippen LogP contribution < -0.4 is 31.4 Å². The average molecular weight is 491 g/mol. The molecule has 0 aliphatic carbocycles. The van der Waals surface area contributed by atoms with Crippen molar-refractivity contribution in [2.75, 3.05) is 10.2 Å². The van der Waals surface area contributed by atoms with E-state index in [-0.39, 0.29) is 0 Å². The smallest absolute Gasteiger partial charge is 0.0618 e. The topological polar surface area (TPSA) is 24.1 Å². The summed E-state index contributed by atoms with van der Waals surface area (Å²) in [6, 6.07) is 49.7. The molecule has 35 heavy (non-hydrogen) atoms. The molecule has 0 aliphatic heterocycles. The lowest BCUT2D eigenvalue weighted by Crippen LogP contribution is -2.19. The number of hydrogen-bond acceptors (Lipinski definition) is 2. The highest BCUT2D eigenvalue weighted by Gasteiger charge is 2.19. The molecule has 2 nitrogen and oxygen atoms in total. The maximum absolute atomic E-state index is 3.94. The van der Waals surface area contributed by atoms with Crippen molar-refractivity contribution in [1.29, 1.82) is 0 Å². The van der Waals surface area contributed by atoms with Gasteiger partial charge in [-0.3, -0.25) is 0 Å². The predicted molar refractivity (Wildman–Crippen MR) is 157 cm³/mol. The van der Waals surface area contributed by atoms with Crippen LogP contribution in [0.4, 0.5) is 11.4 Å². The van der Waals surface area contributed by atoms with Crippen molar-refractivity contribution in [2.45, 2.75) is 6.92 Å².